The van der Waals surface area contributed by atoms with Crippen LogP contribution in [0.3, 0.4) is 0 Å². The fraction of sp³-hybridized carbons (Fsp3) is 0.450. The van der Waals surface area contributed by atoms with Crippen LogP contribution in [0.4, 0.5) is 5.69 Å². The second kappa shape index (κ2) is 9.05. The van der Waals surface area contributed by atoms with Crippen molar-refractivity contribution >= 4 is 22.9 Å². The van der Waals surface area contributed by atoms with Crippen molar-refractivity contribution in [1.29, 1.82) is 0 Å². The van der Waals surface area contributed by atoms with Crippen molar-refractivity contribution in [2.45, 2.75) is 19.4 Å². The van der Waals surface area contributed by atoms with E-state index in [0.717, 1.165) is 44.9 Å². The number of quaternary nitrogens is 1. The Hall–Kier alpha value is -2.05. The van der Waals surface area contributed by atoms with Crippen LogP contribution in [0.5, 0.6) is 5.75 Å². The first-order valence-electron chi connectivity index (χ1n) is 9.21. The lowest BCUT2D eigenvalue weighted by Gasteiger charge is -2.36. The number of hydrogen-bond donors (Lipinski definition) is 2. The quantitative estimate of drug-likeness (QED) is 0.766. The summed E-state index contributed by atoms with van der Waals surface area (Å²) in [6.07, 6.45) is 0.913. The van der Waals surface area contributed by atoms with Gasteiger partial charge in [-0.3, -0.25) is 4.79 Å². The van der Waals surface area contributed by atoms with Gasteiger partial charge in [0.25, 0.3) is 5.91 Å². The van der Waals surface area contributed by atoms with Gasteiger partial charge in [-0.1, -0.05) is 6.07 Å². The Kier molecular flexibility index (Phi) is 6.52. The standard InChI is InChI=1S/C20H27N3O2S/c1-16(20(24)21-10-9-19-4-3-15-26-19)22-11-13-23(14-12-22)17-5-7-18(25-2)8-6-17/h3-8,15-16H,9-14H2,1-2H3,(H,21,24)/p+1/t16-/m1/s1. The van der Waals surface area contributed by atoms with Crippen molar-refractivity contribution < 1.29 is 14.4 Å². The maximum Gasteiger partial charge on any atom is 0.278 e. The van der Waals surface area contributed by atoms with Crippen molar-refractivity contribution in [3.63, 3.8) is 0 Å². The SMILES string of the molecule is COc1ccc(N2CC[NH+]([C@H](C)C(=O)NCCc3cccs3)CC2)cc1. The van der Waals surface area contributed by atoms with Gasteiger partial charge in [-0.2, -0.15) is 0 Å². The Balaban J connectivity index is 1.43. The number of benzene rings is 1. The van der Waals surface area contributed by atoms with Crippen molar-refractivity contribution in [2.75, 3.05) is 44.7 Å². The first-order chi connectivity index (χ1) is 12.7. The van der Waals surface area contributed by atoms with Crippen LogP contribution in [0.25, 0.3) is 0 Å². The Morgan fingerprint density at radius 3 is 2.62 bits per heavy atom. The molecule has 1 aromatic heterocycles. The lowest BCUT2D eigenvalue weighted by atomic mass is 10.2. The van der Waals surface area contributed by atoms with Gasteiger partial charge in [-0.25, -0.2) is 0 Å². The fourth-order valence-electron chi connectivity index (χ4n) is 3.38. The van der Waals surface area contributed by atoms with E-state index in [1.807, 2.05) is 19.1 Å². The van der Waals surface area contributed by atoms with E-state index in [-0.39, 0.29) is 11.9 Å². The van der Waals surface area contributed by atoms with E-state index in [1.54, 1.807) is 18.4 Å². The molecule has 1 aliphatic heterocycles. The van der Waals surface area contributed by atoms with E-state index in [9.17, 15) is 4.79 Å². The molecule has 1 saturated heterocycles. The molecule has 0 unspecified atom stereocenters. The third-order valence-electron chi connectivity index (χ3n) is 5.10. The molecule has 1 fully saturated rings. The third-order valence-corrected chi connectivity index (χ3v) is 6.04. The van der Waals surface area contributed by atoms with Crippen LogP contribution in [0, 0.1) is 0 Å². The first-order valence-corrected chi connectivity index (χ1v) is 10.1. The monoisotopic (exact) mass is 374 g/mol. The number of anilines is 1. The highest BCUT2D eigenvalue weighted by Gasteiger charge is 2.29. The number of rotatable bonds is 7. The van der Waals surface area contributed by atoms with Gasteiger partial charge >= 0.3 is 0 Å². The molecule has 1 aromatic carbocycles. The largest absolute Gasteiger partial charge is 0.497 e. The number of hydrogen-bond acceptors (Lipinski definition) is 4. The molecule has 0 saturated carbocycles. The lowest BCUT2D eigenvalue weighted by Crippen LogP contribution is -3.19. The molecule has 0 bridgehead atoms. The molecule has 6 heteroatoms. The van der Waals surface area contributed by atoms with Gasteiger partial charge in [0, 0.05) is 17.1 Å². The summed E-state index contributed by atoms with van der Waals surface area (Å²) in [4.78, 5) is 17.5. The number of nitrogens with zero attached hydrogens (tertiary/aromatic N) is 1. The van der Waals surface area contributed by atoms with Crippen molar-refractivity contribution in [1.82, 2.24) is 5.32 Å². The maximum atomic E-state index is 12.4. The van der Waals surface area contributed by atoms with Crippen molar-refractivity contribution in [3.05, 3.63) is 46.7 Å². The summed E-state index contributed by atoms with van der Waals surface area (Å²) in [6.45, 7) is 6.65. The third kappa shape index (κ3) is 4.77. The van der Waals surface area contributed by atoms with Crippen LogP contribution in [-0.2, 0) is 11.2 Å². The molecular weight excluding hydrogens is 346 g/mol. The lowest BCUT2D eigenvalue weighted by molar-refractivity contribution is -0.914. The van der Waals surface area contributed by atoms with E-state index >= 15 is 0 Å². The molecule has 0 aliphatic carbocycles. The molecule has 1 aliphatic rings. The first kappa shape index (κ1) is 18.7. The summed E-state index contributed by atoms with van der Waals surface area (Å²) in [7, 11) is 1.68. The number of ether oxygens (including phenoxy) is 1. The van der Waals surface area contributed by atoms with E-state index in [2.05, 4.69) is 39.9 Å². The molecule has 0 radical (unpaired) electrons. The number of amides is 1. The second-order valence-corrected chi connectivity index (χ2v) is 7.72. The number of methoxy groups -OCH3 is 1. The van der Waals surface area contributed by atoms with Gasteiger partial charge in [0.1, 0.15) is 5.75 Å². The van der Waals surface area contributed by atoms with Crippen molar-refractivity contribution in [3.8, 4) is 5.75 Å². The number of piperazine rings is 1. The molecule has 2 heterocycles. The molecule has 2 aromatic rings. The van der Waals surface area contributed by atoms with Crippen LogP contribution < -0.4 is 19.9 Å². The molecule has 1 amide bonds. The number of nitrogens with one attached hydrogen (secondary N) is 2. The van der Waals surface area contributed by atoms with Gasteiger partial charge in [0.2, 0.25) is 0 Å². The molecule has 2 N–H and O–H groups in total. The summed E-state index contributed by atoms with van der Waals surface area (Å²) in [5.74, 6) is 1.04. The van der Waals surface area contributed by atoms with Crippen LogP contribution in [0.1, 0.15) is 11.8 Å². The van der Waals surface area contributed by atoms with Crippen LogP contribution in [-0.4, -0.2) is 51.8 Å². The van der Waals surface area contributed by atoms with Crippen LogP contribution in [0.15, 0.2) is 41.8 Å². The Bertz CT molecular complexity index is 680. The van der Waals surface area contributed by atoms with Gasteiger partial charge in [0.15, 0.2) is 6.04 Å². The normalized spacial score (nSPS) is 16.3. The van der Waals surface area contributed by atoms with E-state index < -0.39 is 0 Å². The smallest absolute Gasteiger partial charge is 0.278 e. The van der Waals surface area contributed by atoms with Gasteiger partial charge in [0.05, 0.1) is 33.3 Å². The maximum absolute atomic E-state index is 12.4. The predicted octanol–water partition coefficient (Wildman–Crippen LogP) is 1.21. The number of thiophene rings is 1. The Morgan fingerprint density at radius 1 is 1.27 bits per heavy atom. The summed E-state index contributed by atoms with van der Waals surface area (Å²) < 4.78 is 5.22. The molecule has 5 nitrogen and oxygen atoms in total. The topological polar surface area (TPSA) is 46.0 Å². The second-order valence-electron chi connectivity index (χ2n) is 6.69. The van der Waals surface area contributed by atoms with Crippen LogP contribution >= 0.6 is 11.3 Å². The summed E-state index contributed by atoms with van der Waals surface area (Å²) in [6, 6.07) is 12.4. The zero-order valence-corrected chi connectivity index (χ0v) is 16.3. The highest BCUT2D eigenvalue weighted by Crippen LogP contribution is 2.19. The fourth-order valence-corrected chi connectivity index (χ4v) is 4.09. The zero-order valence-electron chi connectivity index (χ0n) is 15.5. The molecular formula is C20H28N3O2S+. The number of carbonyl (C=O) groups is 1. The minimum Gasteiger partial charge on any atom is -0.497 e. The molecule has 3 rings (SSSR count). The van der Waals surface area contributed by atoms with Gasteiger partial charge in [-0.15, -0.1) is 11.3 Å². The Morgan fingerprint density at radius 2 is 2.00 bits per heavy atom. The molecule has 26 heavy (non-hydrogen) atoms. The molecule has 140 valence electrons. The summed E-state index contributed by atoms with van der Waals surface area (Å²) in [5.41, 5.74) is 1.22. The van der Waals surface area contributed by atoms with E-state index in [4.69, 9.17) is 4.74 Å². The minimum absolute atomic E-state index is 0.00338. The molecule has 0 spiro atoms. The average molecular weight is 375 g/mol. The molecule has 1 atom stereocenters. The van der Waals surface area contributed by atoms with Crippen LogP contribution in [0.2, 0.25) is 0 Å². The summed E-state index contributed by atoms with van der Waals surface area (Å²) >= 11 is 1.74. The highest BCUT2D eigenvalue weighted by molar-refractivity contribution is 7.09. The summed E-state index contributed by atoms with van der Waals surface area (Å²) in [5, 5.41) is 5.17. The minimum atomic E-state index is -0.00338. The Labute approximate surface area is 159 Å². The highest BCUT2D eigenvalue weighted by atomic mass is 32.1. The zero-order chi connectivity index (χ0) is 18.4. The average Bonchev–Trinajstić information content (AvgIpc) is 3.21. The number of carbonyl (C=O) groups excluding carboxylic acids is 1. The van der Waals surface area contributed by atoms with E-state index in [0.29, 0.717) is 0 Å². The van der Waals surface area contributed by atoms with E-state index in [1.165, 1.54) is 15.5 Å². The van der Waals surface area contributed by atoms with Crippen molar-refractivity contribution in [2.24, 2.45) is 0 Å². The predicted molar refractivity (Wildman–Crippen MR) is 106 cm³/mol. The van der Waals surface area contributed by atoms with Gasteiger partial charge < -0.3 is 19.9 Å². The van der Waals surface area contributed by atoms with Gasteiger partial charge in [-0.05, 0) is 49.1 Å².